The Kier molecular flexibility index (Phi) is 4.02. The van der Waals surface area contributed by atoms with Crippen molar-refractivity contribution in [3.8, 4) is 5.75 Å². The van der Waals surface area contributed by atoms with Crippen molar-refractivity contribution in [1.82, 2.24) is 5.32 Å². The molecule has 0 bridgehead atoms. The normalized spacial score (nSPS) is 25.3. The molecule has 1 saturated carbocycles. The lowest BCUT2D eigenvalue weighted by Gasteiger charge is -2.37. The van der Waals surface area contributed by atoms with Crippen LogP contribution in [0, 0.1) is 0 Å². The Morgan fingerprint density at radius 2 is 2.24 bits per heavy atom. The molecule has 3 nitrogen and oxygen atoms in total. The van der Waals surface area contributed by atoms with E-state index in [-0.39, 0.29) is 6.04 Å². The second-order valence-electron chi connectivity index (χ2n) is 4.73. The van der Waals surface area contributed by atoms with Crippen LogP contribution in [0.3, 0.4) is 0 Å². The predicted molar refractivity (Wildman–Crippen MR) is 68.1 cm³/mol. The molecule has 1 atom stereocenters. The Morgan fingerprint density at radius 3 is 2.88 bits per heavy atom. The van der Waals surface area contributed by atoms with Gasteiger partial charge in [0, 0.05) is 18.7 Å². The molecular weight excluding hydrogens is 214 g/mol. The van der Waals surface area contributed by atoms with Gasteiger partial charge in [-0.15, -0.1) is 0 Å². The summed E-state index contributed by atoms with van der Waals surface area (Å²) in [5, 5.41) is 13.0. The molecular formula is C14H21NO2. The van der Waals surface area contributed by atoms with E-state index in [0.717, 1.165) is 25.0 Å². The zero-order valence-electron chi connectivity index (χ0n) is 10.5. The van der Waals surface area contributed by atoms with E-state index in [2.05, 4.69) is 12.2 Å². The van der Waals surface area contributed by atoms with Crippen molar-refractivity contribution in [3.05, 3.63) is 29.8 Å². The largest absolute Gasteiger partial charge is 0.508 e. The van der Waals surface area contributed by atoms with E-state index in [9.17, 15) is 5.11 Å². The van der Waals surface area contributed by atoms with E-state index in [1.54, 1.807) is 6.07 Å². The van der Waals surface area contributed by atoms with E-state index in [0.29, 0.717) is 17.9 Å². The molecule has 3 heteroatoms. The van der Waals surface area contributed by atoms with Gasteiger partial charge in [-0.2, -0.15) is 0 Å². The van der Waals surface area contributed by atoms with Crippen LogP contribution in [0.25, 0.3) is 0 Å². The third kappa shape index (κ3) is 3.20. The number of benzene rings is 1. The van der Waals surface area contributed by atoms with Gasteiger partial charge in [0.15, 0.2) is 0 Å². The second kappa shape index (κ2) is 5.52. The lowest BCUT2D eigenvalue weighted by Crippen LogP contribution is -2.46. The molecule has 0 spiro atoms. The number of phenolic OH excluding ortho intramolecular Hbond substituents is 1. The number of phenols is 1. The van der Waals surface area contributed by atoms with Gasteiger partial charge in [-0.1, -0.05) is 12.1 Å². The van der Waals surface area contributed by atoms with Gasteiger partial charge in [0.05, 0.1) is 6.10 Å². The number of nitrogens with one attached hydrogen (secondary N) is 1. The zero-order valence-corrected chi connectivity index (χ0v) is 10.5. The smallest absolute Gasteiger partial charge is 0.115 e. The van der Waals surface area contributed by atoms with Gasteiger partial charge in [-0.25, -0.2) is 0 Å². The molecule has 1 aromatic rings. The summed E-state index contributed by atoms with van der Waals surface area (Å²) >= 11 is 0. The number of hydrogen-bond donors (Lipinski definition) is 2. The summed E-state index contributed by atoms with van der Waals surface area (Å²) in [6.45, 7) is 4.97. The third-order valence-electron chi connectivity index (χ3n) is 3.35. The van der Waals surface area contributed by atoms with Crippen molar-refractivity contribution >= 4 is 0 Å². The third-order valence-corrected chi connectivity index (χ3v) is 3.35. The second-order valence-corrected chi connectivity index (χ2v) is 4.73. The molecule has 2 N–H and O–H groups in total. The fraction of sp³-hybridized carbons (Fsp3) is 0.571. The summed E-state index contributed by atoms with van der Waals surface area (Å²) in [6, 6.07) is 8.25. The van der Waals surface area contributed by atoms with Crippen molar-refractivity contribution in [2.24, 2.45) is 0 Å². The van der Waals surface area contributed by atoms with Gasteiger partial charge in [0.25, 0.3) is 0 Å². The maximum Gasteiger partial charge on any atom is 0.115 e. The Hall–Kier alpha value is -1.06. The van der Waals surface area contributed by atoms with Crippen LogP contribution in [0.5, 0.6) is 5.75 Å². The fourth-order valence-corrected chi connectivity index (χ4v) is 2.32. The average molecular weight is 235 g/mol. The van der Waals surface area contributed by atoms with Gasteiger partial charge in [0.2, 0.25) is 0 Å². The van der Waals surface area contributed by atoms with Gasteiger partial charge < -0.3 is 15.2 Å². The predicted octanol–water partition coefficient (Wildman–Crippen LogP) is 2.61. The minimum atomic E-state index is 0.273. The monoisotopic (exact) mass is 235 g/mol. The van der Waals surface area contributed by atoms with Gasteiger partial charge in [0.1, 0.15) is 5.75 Å². The lowest BCUT2D eigenvalue weighted by atomic mass is 9.88. The first-order valence-corrected chi connectivity index (χ1v) is 6.35. The molecule has 0 heterocycles. The van der Waals surface area contributed by atoms with E-state index in [1.807, 2.05) is 25.1 Å². The Balaban J connectivity index is 1.80. The SMILES string of the molecule is CCOC1CC(NC(C)c2cccc(O)c2)C1. The molecule has 17 heavy (non-hydrogen) atoms. The standard InChI is InChI=1S/C14H21NO2/c1-3-17-14-8-12(9-14)15-10(2)11-5-4-6-13(16)7-11/h4-7,10,12,14-16H,3,8-9H2,1-2H3. The highest BCUT2D eigenvalue weighted by Crippen LogP contribution is 2.26. The van der Waals surface area contributed by atoms with Gasteiger partial charge in [-0.05, 0) is 44.4 Å². The maximum absolute atomic E-state index is 9.43. The highest BCUT2D eigenvalue weighted by atomic mass is 16.5. The summed E-state index contributed by atoms with van der Waals surface area (Å²) < 4.78 is 5.53. The van der Waals surface area contributed by atoms with Crippen LogP contribution >= 0.6 is 0 Å². The van der Waals surface area contributed by atoms with Crippen LogP contribution in [-0.4, -0.2) is 23.9 Å². The molecule has 2 rings (SSSR count). The van der Waals surface area contributed by atoms with Crippen LogP contribution in [0.15, 0.2) is 24.3 Å². The van der Waals surface area contributed by atoms with E-state index in [4.69, 9.17) is 4.74 Å². The van der Waals surface area contributed by atoms with Gasteiger partial charge >= 0.3 is 0 Å². The molecule has 1 aliphatic rings. The minimum Gasteiger partial charge on any atom is -0.508 e. The van der Waals surface area contributed by atoms with E-state index < -0.39 is 0 Å². The number of rotatable bonds is 5. The molecule has 1 unspecified atom stereocenters. The van der Waals surface area contributed by atoms with Crippen LogP contribution in [-0.2, 0) is 4.74 Å². The van der Waals surface area contributed by atoms with Gasteiger partial charge in [-0.3, -0.25) is 0 Å². The fourth-order valence-electron chi connectivity index (χ4n) is 2.32. The van der Waals surface area contributed by atoms with E-state index in [1.165, 1.54) is 0 Å². The average Bonchev–Trinajstić information content (AvgIpc) is 2.26. The Bertz CT molecular complexity index is 361. The summed E-state index contributed by atoms with van der Waals surface area (Å²) in [5.74, 6) is 0.331. The first-order valence-electron chi connectivity index (χ1n) is 6.35. The Morgan fingerprint density at radius 1 is 1.47 bits per heavy atom. The maximum atomic E-state index is 9.43. The summed E-state index contributed by atoms with van der Waals surface area (Å²) in [7, 11) is 0. The summed E-state index contributed by atoms with van der Waals surface area (Å²) in [5.41, 5.74) is 1.13. The molecule has 1 aliphatic carbocycles. The molecule has 0 amide bonds. The Labute approximate surface area is 103 Å². The molecule has 0 radical (unpaired) electrons. The van der Waals surface area contributed by atoms with Crippen molar-refractivity contribution in [3.63, 3.8) is 0 Å². The molecule has 0 saturated heterocycles. The molecule has 0 aliphatic heterocycles. The summed E-state index contributed by atoms with van der Waals surface area (Å²) in [4.78, 5) is 0. The summed E-state index contributed by atoms with van der Waals surface area (Å²) in [6.07, 6.45) is 2.63. The molecule has 1 fully saturated rings. The lowest BCUT2D eigenvalue weighted by molar-refractivity contribution is -0.0120. The van der Waals surface area contributed by atoms with Crippen LogP contribution in [0.1, 0.15) is 38.3 Å². The van der Waals surface area contributed by atoms with Crippen LogP contribution < -0.4 is 5.32 Å². The molecule has 1 aromatic carbocycles. The van der Waals surface area contributed by atoms with Crippen molar-refractivity contribution in [2.75, 3.05) is 6.61 Å². The van der Waals surface area contributed by atoms with Crippen molar-refractivity contribution in [1.29, 1.82) is 0 Å². The highest BCUT2D eigenvalue weighted by Gasteiger charge is 2.30. The van der Waals surface area contributed by atoms with Crippen molar-refractivity contribution < 1.29 is 9.84 Å². The minimum absolute atomic E-state index is 0.273. The number of hydrogen-bond acceptors (Lipinski definition) is 3. The highest BCUT2D eigenvalue weighted by molar-refractivity contribution is 5.29. The first-order chi connectivity index (χ1) is 8.19. The van der Waals surface area contributed by atoms with E-state index >= 15 is 0 Å². The topological polar surface area (TPSA) is 41.5 Å². The number of aromatic hydroxyl groups is 1. The first kappa shape index (κ1) is 12.4. The van der Waals surface area contributed by atoms with Crippen LogP contribution in [0.2, 0.25) is 0 Å². The number of ether oxygens (including phenoxy) is 1. The zero-order chi connectivity index (χ0) is 12.3. The quantitative estimate of drug-likeness (QED) is 0.824. The van der Waals surface area contributed by atoms with Crippen molar-refractivity contribution in [2.45, 2.75) is 44.9 Å². The molecule has 0 aromatic heterocycles. The van der Waals surface area contributed by atoms with Crippen LogP contribution in [0.4, 0.5) is 0 Å². The molecule has 94 valence electrons.